The van der Waals surface area contributed by atoms with Crippen LogP contribution in [0.1, 0.15) is 10.4 Å². The molecule has 1 heterocycles. The first kappa shape index (κ1) is 14.5. The summed E-state index contributed by atoms with van der Waals surface area (Å²) < 4.78 is 19.6. The van der Waals surface area contributed by atoms with Crippen molar-refractivity contribution in [1.82, 2.24) is 9.88 Å². The van der Waals surface area contributed by atoms with Gasteiger partial charge in [0.15, 0.2) is 11.6 Å². The van der Waals surface area contributed by atoms with Gasteiger partial charge in [-0.05, 0) is 24.3 Å². The molecule has 0 N–H and O–H groups in total. The average Bonchev–Trinajstić information content (AvgIpc) is 2.43. The van der Waals surface area contributed by atoms with E-state index in [4.69, 9.17) is 4.74 Å². The molecule has 1 aromatic carbocycles. The van der Waals surface area contributed by atoms with Gasteiger partial charge in [-0.1, -0.05) is 15.9 Å². The highest BCUT2D eigenvalue weighted by Gasteiger charge is 2.10. The molecule has 104 valence electrons. The highest BCUT2D eigenvalue weighted by atomic mass is 79.9. The molecule has 0 atom stereocenters. The Morgan fingerprint density at radius 3 is 2.65 bits per heavy atom. The minimum Gasteiger partial charge on any atom is -0.436 e. The van der Waals surface area contributed by atoms with Crippen molar-refractivity contribution < 1.29 is 13.9 Å². The summed E-state index contributed by atoms with van der Waals surface area (Å²) in [5.41, 5.74) is 0.442. The standard InChI is InChI=1S/C14H12BrFN2O2/c1-18(2)14(19)9-3-6-13(17-8-9)20-12-7-10(15)4-5-11(12)16/h3-8H,1-2H3. The predicted octanol–water partition coefficient (Wildman–Crippen LogP) is 3.48. The smallest absolute Gasteiger partial charge is 0.254 e. The summed E-state index contributed by atoms with van der Waals surface area (Å²) in [6.45, 7) is 0. The van der Waals surface area contributed by atoms with E-state index in [2.05, 4.69) is 20.9 Å². The van der Waals surface area contributed by atoms with Gasteiger partial charge in [-0.2, -0.15) is 0 Å². The van der Waals surface area contributed by atoms with Gasteiger partial charge in [0, 0.05) is 30.8 Å². The van der Waals surface area contributed by atoms with Gasteiger partial charge in [0.2, 0.25) is 5.88 Å². The van der Waals surface area contributed by atoms with Gasteiger partial charge in [0.05, 0.1) is 5.56 Å². The molecule has 2 aromatic rings. The van der Waals surface area contributed by atoms with E-state index >= 15 is 0 Å². The lowest BCUT2D eigenvalue weighted by Gasteiger charge is -2.10. The van der Waals surface area contributed by atoms with Crippen molar-refractivity contribution in [2.24, 2.45) is 0 Å². The Hall–Kier alpha value is -1.95. The monoisotopic (exact) mass is 338 g/mol. The second-order valence-corrected chi connectivity index (χ2v) is 5.18. The number of ether oxygens (including phenoxy) is 1. The molecule has 0 bridgehead atoms. The first-order chi connectivity index (χ1) is 9.47. The fraction of sp³-hybridized carbons (Fsp3) is 0.143. The van der Waals surface area contributed by atoms with Gasteiger partial charge in [-0.3, -0.25) is 4.79 Å². The molecule has 2 rings (SSSR count). The van der Waals surface area contributed by atoms with Crippen molar-refractivity contribution in [2.45, 2.75) is 0 Å². The molecule has 0 unspecified atom stereocenters. The first-order valence-corrected chi connectivity index (χ1v) is 6.57. The second kappa shape index (κ2) is 6.00. The SMILES string of the molecule is CN(C)C(=O)c1ccc(Oc2cc(Br)ccc2F)nc1. The molecule has 1 amide bonds. The van der Waals surface area contributed by atoms with Crippen LogP contribution in [-0.4, -0.2) is 29.9 Å². The van der Waals surface area contributed by atoms with Crippen LogP contribution in [-0.2, 0) is 0 Å². The average molecular weight is 339 g/mol. The van der Waals surface area contributed by atoms with E-state index in [0.717, 1.165) is 0 Å². The molecular weight excluding hydrogens is 327 g/mol. The Balaban J connectivity index is 2.19. The Bertz CT molecular complexity index is 630. The Labute approximate surface area is 124 Å². The molecule has 0 saturated heterocycles. The molecule has 20 heavy (non-hydrogen) atoms. The molecule has 1 aromatic heterocycles. The number of rotatable bonds is 3. The van der Waals surface area contributed by atoms with Crippen molar-refractivity contribution in [3.8, 4) is 11.6 Å². The highest BCUT2D eigenvalue weighted by Crippen LogP contribution is 2.26. The number of amides is 1. The third kappa shape index (κ3) is 3.33. The van der Waals surface area contributed by atoms with Crippen molar-refractivity contribution in [3.63, 3.8) is 0 Å². The van der Waals surface area contributed by atoms with E-state index in [0.29, 0.717) is 10.0 Å². The number of halogens is 2. The highest BCUT2D eigenvalue weighted by molar-refractivity contribution is 9.10. The number of nitrogens with zero attached hydrogens (tertiary/aromatic N) is 2. The lowest BCUT2D eigenvalue weighted by Crippen LogP contribution is -2.21. The topological polar surface area (TPSA) is 42.4 Å². The van der Waals surface area contributed by atoms with Gasteiger partial charge in [0.25, 0.3) is 5.91 Å². The maximum atomic E-state index is 13.5. The maximum absolute atomic E-state index is 13.5. The van der Waals surface area contributed by atoms with Crippen LogP contribution < -0.4 is 4.74 Å². The minimum absolute atomic E-state index is 0.0681. The summed E-state index contributed by atoms with van der Waals surface area (Å²) in [5, 5.41) is 0. The number of hydrogen-bond acceptors (Lipinski definition) is 3. The van der Waals surface area contributed by atoms with E-state index in [-0.39, 0.29) is 17.5 Å². The van der Waals surface area contributed by atoms with Gasteiger partial charge < -0.3 is 9.64 Å². The van der Waals surface area contributed by atoms with Crippen LogP contribution in [0.15, 0.2) is 41.0 Å². The lowest BCUT2D eigenvalue weighted by molar-refractivity contribution is 0.0827. The number of carbonyl (C=O) groups excluding carboxylic acids is 1. The zero-order valence-corrected chi connectivity index (χ0v) is 12.5. The maximum Gasteiger partial charge on any atom is 0.254 e. The number of hydrogen-bond donors (Lipinski definition) is 0. The molecule has 0 aliphatic carbocycles. The first-order valence-electron chi connectivity index (χ1n) is 5.78. The van der Waals surface area contributed by atoms with Crippen molar-refractivity contribution in [1.29, 1.82) is 0 Å². The number of benzene rings is 1. The third-order valence-electron chi connectivity index (χ3n) is 2.50. The summed E-state index contributed by atoms with van der Waals surface area (Å²) in [6, 6.07) is 7.49. The lowest BCUT2D eigenvalue weighted by atomic mass is 10.2. The van der Waals surface area contributed by atoms with Crippen LogP contribution in [0, 0.1) is 5.82 Å². The molecule has 4 nitrogen and oxygen atoms in total. The Kier molecular flexibility index (Phi) is 4.34. The van der Waals surface area contributed by atoms with Gasteiger partial charge in [0.1, 0.15) is 0 Å². The molecule has 0 aliphatic rings. The summed E-state index contributed by atoms with van der Waals surface area (Å²) in [6.07, 6.45) is 1.40. The van der Waals surface area contributed by atoms with Gasteiger partial charge in [-0.15, -0.1) is 0 Å². The van der Waals surface area contributed by atoms with Crippen LogP contribution in [0.25, 0.3) is 0 Å². The van der Waals surface area contributed by atoms with Crippen LogP contribution >= 0.6 is 15.9 Å². The number of carbonyl (C=O) groups is 1. The molecule has 0 fully saturated rings. The number of aromatic nitrogens is 1. The quantitative estimate of drug-likeness (QED) is 0.860. The minimum atomic E-state index is -0.483. The fourth-order valence-electron chi connectivity index (χ4n) is 1.49. The van der Waals surface area contributed by atoms with Gasteiger partial charge in [-0.25, -0.2) is 9.37 Å². The van der Waals surface area contributed by atoms with E-state index in [1.165, 1.54) is 29.3 Å². The second-order valence-electron chi connectivity index (χ2n) is 4.26. The summed E-state index contributed by atoms with van der Waals surface area (Å²) in [5.74, 6) is -0.350. The van der Waals surface area contributed by atoms with Crippen molar-refractivity contribution in [2.75, 3.05) is 14.1 Å². The molecular formula is C14H12BrFN2O2. The molecule has 0 spiro atoms. The zero-order valence-electron chi connectivity index (χ0n) is 10.9. The Morgan fingerprint density at radius 2 is 2.05 bits per heavy atom. The fourth-order valence-corrected chi connectivity index (χ4v) is 1.83. The number of pyridine rings is 1. The Morgan fingerprint density at radius 1 is 1.30 bits per heavy atom. The van der Waals surface area contributed by atoms with Crippen LogP contribution in [0.3, 0.4) is 0 Å². The summed E-state index contributed by atoms with van der Waals surface area (Å²) >= 11 is 3.24. The van der Waals surface area contributed by atoms with E-state index in [1.54, 1.807) is 26.2 Å². The molecule has 0 radical (unpaired) electrons. The normalized spacial score (nSPS) is 10.2. The summed E-state index contributed by atoms with van der Waals surface area (Å²) in [4.78, 5) is 17.1. The van der Waals surface area contributed by atoms with E-state index in [1.807, 2.05) is 0 Å². The van der Waals surface area contributed by atoms with Crippen LogP contribution in [0.5, 0.6) is 11.6 Å². The van der Waals surface area contributed by atoms with Crippen LogP contribution in [0.4, 0.5) is 4.39 Å². The zero-order chi connectivity index (χ0) is 14.7. The largest absolute Gasteiger partial charge is 0.436 e. The van der Waals surface area contributed by atoms with Crippen molar-refractivity contribution in [3.05, 3.63) is 52.4 Å². The van der Waals surface area contributed by atoms with Crippen LogP contribution in [0.2, 0.25) is 0 Å². The predicted molar refractivity (Wildman–Crippen MR) is 76.4 cm³/mol. The van der Waals surface area contributed by atoms with E-state index in [9.17, 15) is 9.18 Å². The molecule has 0 saturated carbocycles. The third-order valence-corrected chi connectivity index (χ3v) is 2.99. The van der Waals surface area contributed by atoms with E-state index < -0.39 is 5.82 Å². The van der Waals surface area contributed by atoms with Gasteiger partial charge >= 0.3 is 0 Å². The molecule has 0 aliphatic heterocycles. The van der Waals surface area contributed by atoms with Crippen molar-refractivity contribution >= 4 is 21.8 Å². The summed E-state index contributed by atoms with van der Waals surface area (Å²) in [7, 11) is 3.31. The molecule has 6 heteroatoms.